The van der Waals surface area contributed by atoms with Gasteiger partial charge in [0, 0.05) is 25.2 Å². The Morgan fingerprint density at radius 3 is 2.96 bits per heavy atom. The van der Waals surface area contributed by atoms with Gasteiger partial charge in [0.05, 0.1) is 12.4 Å². The van der Waals surface area contributed by atoms with Crippen LogP contribution in [0.2, 0.25) is 0 Å². The molecule has 1 aliphatic heterocycles. The van der Waals surface area contributed by atoms with Crippen molar-refractivity contribution < 1.29 is 13.9 Å². The summed E-state index contributed by atoms with van der Waals surface area (Å²) in [6, 6.07) is 7.17. The topological polar surface area (TPSA) is 67.3 Å². The van der Waals surface area contributed by atoms with E-state index >= 15 is 0 Å². The van der Waals surface area contributed by atoms with Crippen LogP contribution in [-0.4, -0.2) is 46.5 Å². The molecule has 7 heteroatoms. The number of ether oxygens (including phenoxy) is 1. The molecule has 1 aliphatic rings. The van der Waals surface area contributed by atoms with E-state index in [-0.39, 0.29) is 17.7 Å². The van der Waals surface area contributed by atoms with Crippen molar-refractivity contribution in [3.63, 3.8) is 0 Å². The number of likely N-dealkylation sites (tertiary alicyclic amines) is 1. The molecule has 2 aromatic rings. The fourth-order valence-corrected chi connectivity index (χ4v) is 3.15. The summed E-state index contributed by atoms with van der Waals surface area (Å²) in [5.74, 6) is 0.0643. The molecule has 1 atom stereocenters. The smallest absolute Gasteiger partial charge is 0.336 e. The number of aromatic nitrogens is 2. The van der Waals surface area contributed by atoms with Gasteiger partial charge in [-0.05, 0) is 37.4 Å². The van der Waals surface area contributed by atoms with Crippen molar-refractivity contribution in [2.45, 2.75) is 25.3 Å². The Kier molecular flexibility index (Phi) is 6.49. The Morgan fingerprint density at radius 2 is 2.22 bits per heavy atom. The van der Waals surface area contributed by atoms with Crippen molar-refractivity contribution in [1.82, 2.24) is 14.9 Å². The maximum atomic E-state index is 13.8. The molecule has 0 saturated carbocycles. The minimum atomic E-state index is -0.567. The summed E-state index contributed by atoms with van der Waals surface area (Å²) in [4.78, 5) is 21.8. The largest absolute Gasteiger partial charge is 0.403 e. The van der Waals surface area contributed by atoms with Crippen molar-refractivity contribution >= 4 is 11.8 Å². The Labute approximate surface area is 158 Å². The number of nitrogens with one attached hydrogen (secondary N) is 1. The van der Waals surface area contributed by atoms with E-state index in [1.54, 1.807) is 12.3 Å². The average Bonchev–Trinajstić information content (AvgIpc) is 2.69. The summed E-state index contributed by atoms with van der Waals surface area (Å²) in [5, 5.41) is 3.36. The van der Waals surface area contributed by atoms with E-state index in [9.17, 15) is 9.18 Å². The van der Waals surface area contributed by atoms with Crippen LogP contribution in [0.1, 0.15) is 18.4 Å². The highest BCUT2D eigenvalue weighted by Crippen LogP contribution is 2.16. The van der Waals surface area contributed by atoms with E-state index in [0.717, 1.165) is 44.1 Å². The van der Waals surface area contributed by atoms with Crippen LogP contribution in [0.4, 0.5) is 10.2 Å². The van der Waals surface area contributed by atoms with Crippen molar-refractivity contribution in [2.24, 2.45) is 0 Å². The van der Waals surface area contributed by atoms with Crippen molar-refractivity contribution in [2.75, 3.05) is 25.0 Å². The predicted molar refractivity (Wildman–Crippen MR) is 101 cm³/mol. The van der Waals surface area contributed by atoms with Gasteiger partial charge >= 0.3 is 5.97 Å². The lowest BCUT2D eigenvalue weighted by Gasteiger charge is -2.33. The third-order valence-corrected chi connectivity index (χ3v) is 4.51. The summed E-state index contributed by atoms with van der Waals surface area (Å²) in [6.45, 7) is 6.03. The molecule has 1 fully saturated rings. The number of piperidine rings is 1. The fourth-order valence-electron chi connectivity index (χ4n) is 3.15. The SMILES string of the molecule is C=CC(=O)Oc1cnc(N[C@@H]2CCCN(CCc3ccccc3F)C2)cn1. The van der Waals surface area contributed by atoms with Crippen LogP contribution in [0, 0.1) is 5.82 Å². The zero-order chi connectivity index (χ0) is 19.1. The number of hydrogen-bond acceptors (Lipinski definition) is 6. The maximum absolute atomic E-state index is 13.8. The van der Waals surface area contributed by atoms with E-state index in [4.69, 9.17) is 4.74 Å². The summed E-state index contributed by atoms with van der Waals surface area (Å²) < 4.78 is 18.7. The molecule has 1 aromatic carbocycles. The molecule has 0 bridgehead atoms. The molecular formula is C20H23FN4O2. The molecule has 0 aliphatic carbocycles. The van der Waals surface area contributed by atoms with Gasteiger partial charge in [-0.25, -0.2) is 19.2 Å². The Hall–Kier alpha value is -2.80. The van der Waals surface area contributed by atoms with Crippen LogP contribution in [0.5, 0.6) is 5.88 Å². The first-order chi connectivity index (χ1) is 13.1. The average molecular weight is 370 g/mol. The monoisotopic (exact) mass is 370 g/mol. The van der Waals surface area contributed by atoms with Gasteiger partial charge in [-0.1, -0.05) is 24.8 Å². The van der Waals surface area contributed by atoms with E-state index < -0.39 is 5.97 Å². The van der Waals surface area contributed by atoms with Crippen molar-refractivity contribution in [3.8, 4) is 5.88 Å². The van der Waals surface area contributed by atoms with Gasteiger partial charge in [-0.15, -0.1) is 0 Å². The molecule has 0 spiro atoms. The number of hydrogen-bond donors (Lipinski definition) is 1. The Balaban J connectivity index is 1.50. The highest BCUT2D eigenvalue weighted by Gasteiger charge is 2.20. The molecule has 1 saturated heterocycles. The molecule has 1 aromatic heterocycles. The summed E-state index contributed by atoms with van der Waals surface area (Å²) >= 11 is 0. The van der Waals surface area contributed by atoms with Crippen molar-refractivity contribution in [1.29, 1.82) is 0 Å². The lowest BCUT2D eigenvalue weighted by Crippen LogP contribution is -2.43. The first-order valence-electron chi connectivity index (χ1n) is 9.02. The van der Waals surface area contributed by atoms with Crippen LogP contribution < -0.4 is 10.1 Å². The van der Waals surface area contributed by atoms with Gasteiger partial charge in [-0.3, -0.25) is 0 Å². The second-order valence-electron chi connectivity index (χ2n) is 6.49. The van der Waals surface area contributed by atoms with Crippen LogP contribution in [0.25, 0.3) is 0 Å². The lowest BCUT2D eigenvalue weighted by atomic mass is 10.0. The quantitative estimate of drug-likeness (QED) is 0.597. The maximum Gasteiger partial charge on any atom is 0.336 e. The van der Waals surface area contributed by atoms with Gasteiger partial charge in [0.1, 0.15) is 11.6 Å². The van der Waals surface area contributed by atoms with Gasteiger partial charge in [0.15, 0.2) is 0 Å². The zero-order valence-corrected chi connectivity index (χ0v) is 15.1. The van der Waals surface area contributed by atoms with Crippen LogP contribution >= 0.6 is 0 Å². The van der Waals surface area contributed by atoms with Crippen molar-refractivity contribution in [3.05, 3.63) is 60.7 Å². The highest BCUT2D eigenvalue weighted by atomic mass is 19.1. The summed E-state index contributed by atoms with van der Waals surface area (Å²) in [7, 11) is 0. The Morgan fingerprint density at radius 1 is 1.37 bits per heavy atom. The molecule has 142 valence electrons. The molecule has 1 N–H and O–H groups in total. The first kappa shape index (κ1) is 19.0. The minimum Gasteiger partial charge on any atom is -0.403 e. The second kappa shape index (κ2) is 9.23. The molecule has 27 heavy (non-hydrogen) atoms. The third kappa shape index (κ3) is 5.59. The minimum absolute atomic E-state index is 0.139. The first-order valence-corrected chi connectivity index (χ1v) is 9.02. The van der Waals surface area contributed by atoms with Gasteiger partial charge in [0.2, 0.25) is 5.88 Å². The zero-order valence-electron chi connectivity index (χ0n) is 15.1. The number of carbonyl (C=O) groups excluding carboxylic acids is 1. The van der Waals surface area contributed by atoms with E-state index in [2.05, 4.69) is 26.8 Å². The number of esters is 1. The van der Waals surface area contributed by atoms with Gasteiger partial charge < -0.3 is 15.0 Å². The van der Waals surface area contributed by atoms with Gasteiger partial charge in [0.25, 0.3) is 0 Å². The second-order valence-corrected chi connectivity index (χ2v) is 6.49. The Bertz CT molecular complexity index is 782. The number of carbonyl (C=O) groups is 1. The summed E-state index contributed by atoms with van der Waals surface area (Å²) in [6.07, 6.45) is 6.82. The number of halogens is 1. The van der Waals surface area contributed by atoms with E-state index in [0.29, 0.717) is 12.2 Å². The van der Waals surface area contributed by atoms with E-state index in [1.807, 2.05) is 12.1 Å². The normalized spacial score (nSPS) is 17.3. The number of benzene rings is 1. The molecular weight excluding hydrogens is 347 g/mol. The van der Waals surface area contributed by atoms with Crippen LogP contribution in [0.15, 0.2) is 49.3 Å². The highest BCUT2D eigenvalue weighted by molar-refractivity contribution is 5.83. The number of anilines is 1. The molecule has 0 unspecified atom stereocenters. The molecule has 0 radical (unpaired) electrons. The molecule has 0 amide bonds. The standard InChI is InChI=1S/C20H23FN4O2/c1-2-20(26)27-19-13-22-18(12-23-19)24-16-7-5-10-25(14-16)11-9-15-6-3-4-8-17(15)21/h2-4,6,8,12-13,16H,1,5,7,9-11,14H2,(H,22,24)/t16-/m1/s1. The fraction of sp³-hybridized carbons (Fsp3) is 0.350. The third-order valence-electron chi connectivity index (χ3n) is 4.51. The number of nitrogens with zero attached hydrogens (tertiary/aromatic N) is 3. The summed E-state index contributed by atoms with van der Waals surface area (Å²) in [5.41, 5.74) is 0.753. The van der Waals surface area contributed by atoms with E-state index in [1.165, 1.54) is 12.3 Å². The van der Waals surface area contributed by atoms with Crippen LogP contribution in [0.3, 0.4) is 0 Å². The molecule has 2 heterocycles. The molecule has 6 nitrogen and oxygen atoms in total. The van der Waals surface area contributed by atoms with Crippen LogP contribution in [-0.2, 0) is 11.2 Å². The van der Waals surface area contributed by atoms with Gasteiger partial charge in [-0.2, -0.15) is 0 Å². The number of rotatable bonds is 7. The predicted octanol–water partition coefficient (Wildman–Crippen LogP) is 2.83. The lowest BCUT2D eigenvalue weighted by molar-refractivity contribution is -0.129. The molecule has 3 rings (SSSR count).